The highest BCUT2D eigenvalue weighted by Crippen LogP contribution is 2.30. The fourth-order valence-corrected chi connectivity index (χ4v) is 3.33. The maximum absolute atomic E-state index is 13.1. The van der Waals surface area contributed by atoms with E-state index in [9.17, 15) is 9.59 Å². The molecule has 0 fully saturated rings. The molecule has 0 unspecified atom stereocenters. The highest BCUT2D eigenvalue weighted by Gasteiger charge is 2.25. The van der Waals surface area contributed by atoms with Crippen LogP contribution in [0.15, 0.2) is 66.7 Å². The minimum absolute atomic E-state index is 0.0636. The quantitative estimate of drug-likeness (QED) is 0.522. The second kappa shape index (κ2) is 8.48. The summed E-state index contributed by atoms with van der Waals surface area (Å²) in [5, 5.41) is 0.940. The lowest BCUT2D eigenvalue weighted by Gasteiger charge is -2.22. The van der Waals surface area contributed by atoms with Crippen molar-refractivity contribution in [3.63, 3.8) is 0 Å². The van der Waals surface area contributed by atoms with Crippen LogP contribution in [0.25, 0.3) is 17.0 Å². The summed E-state index contributed by atoms with van der Waals surface area (Å²) < 4.78 is 7.26. The minimum atomic E-state index is -0.615. The van der Waals surface area contributed by atoms with E-state index in [4.69, 9.17) is 4.74 Å². The van der Waals surface area contributed by atoms with Crippen molar-refractivity contribution in [3.05, 3.63) is 78.0 Å². The summed E-state index contributed by atoms with van der Waals surface area (Å²) in [4.78, 5) is 25.1. The van der Waals surface area contributed by atoms with Gasteiger partial charge in [-0.15, -0.1) is 0 Å². The molecule has 3 aromatic rings. The zero-order valence-corrected chi connectivity index (χ0v) is 17.4. The molecule has 0 bridgehead atoms. The van der Waals surface area contributed by atoms with Crippen molar-refractivity contribution < 1.29 is 14.3 Å². The number of nitrogens with zero attached hydrogens (tertiary/aromatic N) is 1. The number of para-hydroxylation sites is 1. The van der Waals surface area contributed by atoms with Crippen LogP contribution in [0.4, 0.5) is 4.79 Å². The summed E-state index contributed by atoms with van der Waals surface area (Å²) in [6.45, 7) is 7.11. The molecule has 0 aliphatic heterocycles. The van der Waals surface area contributed by atoms with Gasteiger partial charge in [-0.05, 0) is 45.4 Å². The van der Waals surface area contributed by atoms with Crippen molar-refractivity contribution in [1.29, 1.82) is 0 Å². The number of ether oxygens (including phenoxy) is 1. The topological polar surface area (TPSA) is 48.3 Å². The number of carbonyl (C=O) groups excluding carboxylic acids is 2. The molecule has 0 saturated carbocycles. The molecule has 0 N–H and O–H groups in total. The third-order valence-corrected chi connectivity index (χ3v) is 4.52. The van der Waals surface area contributed by atoms with Gasteiger partial charge >= 0.3 is 6.09 Å². The summed E-state index contributed by atoms with van der Waals surface area (Å²) in [6, 6.07) is 19.6. The minimum Gasteiger partial charge on any atom is -0.443 e. The fourth-order valence-electron chi connectivity index (χ4n) is 3.33. The fraction of sp³-hybridized carbons (Fsp3) is 0.280. The van der Waals surface area contributed by atoms with Crippen molar-refractivity contribution in [2.24, 2.45) is 0 Å². The Morgan fingerprint density at radius 1 is 1.03 bits per heavy atom. The van der Waals surface area contributed by atoms with Crippen molar-refractivity contribution in [2.45, 2.75) is 45.6 Å². The van der Waals surface area contributed by atoms with E-state index in [1.807, 2.05) is 93.6 Å². The number of allylic oxidation sites excluding steroid dienone is 1. The maximum atomic E-state index is 13.1. The first kappa shape index (κ1) is 20.6. The van der Waals surface area contributed by atoms with Crippen molar-refractivity contribution in [2.75, 3.05) is 0 Å². The number of Topliss-reactive ketones (excluding diaryl/α,β-unsaturated/α-hetero) is 1. The Bertz CT molecular complexity index is 1040. The van der Waals surface area contributed by atoms with E-state index in [0.717, 1.165) is 22.2 Å². The average molecular weight is 389 g/mol. The summed E-state index contributed by atoms with van der Waals surface area (Å²) in [7, 11) is 0. The van der Waals surface area contributed by atoms with Gasteiger partial charge in [0.15, 0.2) is 0 Å². The predicted octanol–water partition coefficient (Wildman–Crippen LogP) is 6.20. The molecule has 0 aliphatic rings. The Balaban J connectivity index is 2.10. The van der Waals surface area contributed by atoms with Gasteiger partial charge in [-0.3, -0.25) is 4.79 Å². The zero-order valence-electron chi connectivity index (χ0n) is 17.4. The Labute approximate surface area is 171 Å². The summed E-state index contributed by atoms with van der Waals surface area (Å²) in [5.41, 5.74) is 1.96. The molecule has 0 radical (unpaired) electrons. The van der Waals surface area contributed by atoms with E-state index in [-0.39, 0.29) is 11.7 Å². The van der Waals surface area contributed by atoms with Gasteiger partial charge in [0.25, 0.3) is 0 Å². The summed E-state index contributed by atoms with van der Waals surface area (Å²) in [6.07, 6.45) is 3.86. The van der Waals surface area contributed by atoms with Crippen LogP contribution < -0.4 is 0 Å². The van der Waals surface area contributed by atoms with Gasteiger partial charge < -0.3 is 4.74 Å². The van der Waals surface area contributed by atoms with Crippen molar-refractivity contribution >= 4 is 28.9 Å². The van der Waals surface area contributed by atoms with Crippen molar-refractivity contribution in [1.82, 2.24) is 4.57 Å². The normalized spacial score (nSPS) is 13.0. The second-order valence-corrected chi connectivity index (χ2v) is 8.23. The molecular formula is C25H27NO3. The summed E-state index contributed by atoms with van der Waals surface area (Å²) in [5.74, 6) is -0.179. The average Bonchev–Trinajstić information content (AvgIpc) is 3.04. The maximum Gasteiger partial charge on any atom is 0.419 e. The number of rotatable bonds is 5. The Kier molecular flexibility index (Phi) is 6.02. The van der Waals surface area contributed by atoms with Crippen LogP contribution in [0.3, 0.4) is 0 Å². The molecule has 2 aromatic carbocycles. The van der Waals surface area contributed by atoms with Crippen LogP contribution in [-0.2, 0) is 9.53 Å². The van der Waals surface area contributed by atoms with Gasteiger partial charge in [0.05, 0.1) is 5.52 Å². The van der Waals surface area contributed by atoms with E-state index in [2.05, 4.69) is 0 Å². The van der Waals surface area contributed by atoms with Crippen LogP contribution in [0.5, 0.6) is 0 Å². The molecule has 4 heteroatoms. The largest absolute Gasteiger partial charge is 0.443 e. The number of hydrogen-bond acceptors (Lipinski definition) is 3. The monoisotopic (exact) mass is 389 g/mol. The zero-order chi connectivity index (χ0) is 21.0. The van der Waals surface area contributed by atoms with Crippen LogP contribution in [0.1, 0.15) is 51.3 Å². The van der Waals surface area contributed by atoms with Gasteiger partial charge in [-0.1, -0.05) is 60.7 Å². The molecule has 0 saturated heterocycles. The first-order valence-corrected chi connectivity index (χ1v) is 9.81. The van der Waals surface area contributed by atoms with E-state index in [1.54, 1.807) is 11.5 Å². The molecule has 0 amide bonds. The SMILES string of the molecule is CC(=O)C[C@@H](/C=C/c1ccccc1)c1cc2ccccc2n1C(=O)OC(C)(C)C. The third kappa shape index (κ3) is 5.23. The van der Waals surface area contributed by atoms with E-state index in [0.29, 0.717) is 6.42 Å². The molecule has 1 atom stereocenters. The van der Waals surface area contributed by atoms with Crippen LogP contribution in [0, 0.1) is 0 Å². The number of aromatic nitrogens is 1. The van der Waals surface area contributed by atoms with Gasteiger partial charge in [0.1, 0.15) is 11.4 Å². The van der Waals surface area contributed by atoms with Gasteiger partial charge in [-0.25, -0.2) is 9.36 Å². The lowest BCUT2D eigenvalue weighted by molar-refractivity contribution is -0.117. The molecule has 4 nitrogen and oxygen atoms in total. The highest BCUT2D eigenvalue weighted by atomic mass is 16.6. The predicted molar refractivity (Wildman–Crippen MR) is 117 cm³/mol. The number of fused-ring (bicyclic) bond motifs is 1. The first-order valence-electron chi connectivity index (χ1n) is 9.81. The van der Waals surface area contributed by atoms with Gasteiger partial charge in [-0.2, -0.15) is 0 Å². The standard InChI is InChI=1S/C25H27NO3/c1-18(27)16-21(15-14-19-10-6-5-7-11-19)23-17-20-12-8-9-13-22(20)26(23)24(28)29-25(2,3)4/h5-15,17,21H,16H2,1-4H3/b15-14+/t21-/m1/s1. The Morgan fingerprint density at radius 3 is 2.34 bits per heavy atom. The number of carbonyl (C=O) groups is 2. The van der Waals surface area contributed by atoms with E-state index in [1.165, 1.54) is 0 Å². The molecule has 150 valence electrons. The van der Waals surface area contributed by atoms with Gasteiger partial charge in [0, 0.05) is 23.4 Å². The lowest BCUT2D eigenvalue weighted by Crippen LogP contribution is -2.28. The lowest BCUT2D eigenvalue weighted by atomic mass is 9.97. The van der Waals surface area contributed by atoms with E-state index < -0.39 is 11.7 Å². The molecule has 3 rings (SSSR count). The number of ketones is 1. The molecule has 0 aliphatic carbocycles. The Morgan fingerprint density at radius 2 is 1.69 bits per heavy atom. The summed E-state index contributed by atoms with van der Waals surface area (Å²) >= 11 is 0. The van der Waals surface area contributed by atoms with Crippen LogP contribution in [-0.4, -0.2) is 22.0 Å². The van der Waals surface area contributed by atoms with Gasteiger partial charge in [0.2, 0.25) is 0 Å². The Hall–Kier alpha value is -3.14. The number of hydrogen-bond donors (Lipinski definition) is 0. The third-order valence-electron chi connectivity index (χ3n) is 4.52. The van der Waals surface area contributed by atoms with E-state index >= 15 is 0 Å². The molecule has 0 spiro atoms. The smallest absolute Gasteiger partial charge is 0.419 e. The molecule has 1 heterocycles. The number of benzene rings is 2. The van der Waals surface area contributed by atoms with Crippen LogP contribution >= 0.6 is 0 Å². The molecule has 1 aromatic heterocycles. The van der Waals surface area contributed by atoms with Crippen molar-refractivity contribution in [3.8, 4) is 0 Å². The molecular weight excluding hydrogens is 362 g/mol. The van der Waals surface area contributed by atoms with Crippen LogP contribution in [0.2, 0.25) is 0 Å². The highest BCUT2D eigenvalue weighted by molar-refractivity contribution is 5.91. The molecule has 29 heavy (non-hydrogen) atoms. The first-order chi connectivity index (χ1) is 13.7. The second-order valence-electron chi connectivity index (χ2n) is 8.23.